The van der Waals surface area contributed by atoms with E-state index in [1.165, 1.54) is 0 Å². The maximum atomic E-state index is 13.3. The number of halogens is 6. The zero-order valence-corrected chi connectivity index (χ0v) is 17.6. The van der Waals surface area contributed by atoms with E-state index >= 15 is 0 Å². The highest BCUT2D eigenvalue weighted by Gasteiger charge is 2.42. The van der Waals surface area contributed by atoms with Gasteiger partial charge in [-0.2, -0.15) is 26.3 Å². The Labute approximate surface area is 167 Å². The number of benzene rings is 2. The van der Waals surface area contributed by atoms with E-state index in [2.05, 4.69) is 0 Å². The average Bonchev–Trinajstić information content (AvgIpc) is 2.54. The van der Waals surface area contributed by atoms with E-state index in [4.69, 9.17) is 0 Å². The van der Waals surface area contributed by atoms with Crippen LogP contribution in [0.2, 0.25) is 0 Å². The highest BCUT2D eigenvalue weighted by molar-refractivity contribution is 7.66. The Morgan fingerprint density at radius 1 is 0.828 bits per heavy atom. The molecule has 0 aliphatic rings. The van der Waals surface area contributed by atoms with Crippen LogP contribution in [0.25, 0.3) is 0 Å². The third kappa shape index (κ3) is 5.19. The lowest BCUT2D eigenvalue weighted by molar-refractivity contribution is -0.143. The first kappa shape index (κ1) is 23.4. The van der Waals surface area contributed by atoms with Crippen molar-refractivity contribution in [3.8, 4) is 0 Å². The van der Waals surface area contributed by atoms with Gasteiger partial charge >= 0.3 is 12.4 Å². The Balaban J connectivity index is 2.60. The number of carbonyl (C=O) groups excluding carboxylic acids is 1. The Hall–Kier alpha value is -1.88. The van der Waals surface area contributed by atoms with Crippen LogP contribution in [0.5, 0.6) is 0 Å². The predicted molar refractivity (Wildman–Crippen MR) is 103 cm³/mol. The van der Waals surface area contributed by atoms with Crippen LogP contribution >= 0.6 is 8.58 Å². The molecule has 2 aromatic rings. The molecule has 0 heterocycles. The van der Waals surface area contributed by atoms with Gasteiger partial charge in [0, 0.05) is 5.56 Å². The van der Waals surface area contributed by atoms with E-state index in [-0.39, 0.29) is 5.41 Å². The van der Waals surface area contributed by atoms with Crippen molar-refractivity contribution in [3.05, 3.63) is 63.7 Å². The van der Waals surface area contributed by atoms with Gasteiger partial charge < -0.3 is 0 Å². The largest absolute Gasteiger partial charge is 0.417 e. The fourth-order valence-corrected chi connectivity index (χ4v) is 4.20. The van der Waals surface area contributed by atoms with Gasteiger partial charge in [0.1, 0.15) is 0 Å². The minimum Gasteiger partial charge on any atom is -0.289 e. The summed E-state index contributed by atoms with van der Waals surface area (Å²) in [5.41, 5.74) is -3.50. The number of rotatable bonds is 3. The second-order valence-electron chi connectivity index (χ2n) is 7.91. The van der Waals surface area contributed by atoms with Crippen LogP contribution in [0.3, 0.4) is 0 Å². The Morgan fingerprint density at radius 3 is 1.59 bits per heavy atom. The molecule has 2 rings (SSSR count). The summed E-state index contributed by atoms with van der Waals surface area (Å²) in [4.78, 5) is 12.7. The summed E-state index contributed by atoms with van der Waals surface area (Å²) < 4.78 is 80.1. The third-order valence-electron chi connectivity index (χ3n) is 4.54. The molecule has 0 amide bonds. The molecule has 158 valence electrons. The van der Waals surface area contributed by atoms with Crippen molar-refractivity contribution in [2.45, 2.75) is 52.4 Å². The number of carbonyl (C=O) groups is 1. The predicted octanol–water partition coefficient (Wildman–Crippen LogP) is 6.78. The van der Waals surface area contributed by atoms with Gasteiger partial charge in [-0.25, -0.2) is 0 Å². The van der Waals surface area contributed by atoms with Crippen LogP contribution in [0.1, 0.15) is 58.9 Å². The quantitative estimate of drug-likeness (QED) is 0.384. The Bertz CT molecular complexity index is 880. The minimum atomic E-state index is -5.07. The smallest absolute Gasteiger partial charge is 0.289 e. The first-order chi connectivity index (χ1) is 13.0. The summed E-state index contributed by atoms with van der Waals surface area (Å²) in [6.45, 7) is 9.38. The van der Waals surface area contributed by atoms with Crippen LogP contribution in [0, 0.1) is 13.8 Å². The Morgan fingerprint density at radius 2 is 1.24 bits per heavy atom. The third-order valence-corrected chi connectivity index (χ3v) is 6.06. The normalized spacial score (nSPS) is 13.3. The molecular formula is C21H21F6OP. The molecular weight excluding hydrogens is 413 g/mol. The summed E-state index contributed by atoms with van der Waals surface area (Å²) >= 11 is 0. The molecule has 1 nitrogen and oxygen atoms in total. The van der Waals surface area contributed by atoms with Gasteiger partial charge in [-0.15, -0.1) is 0 Å². The van der Waals surface area contributed by atoms with E-state index < -0.39 is 43.1 Å². The minimum absolute atomic E-state index is 0.187. The van der Waals surface area contributed by atoms with Gasteiger partial charge in [-0.1, -0.05) is 39.0 Å². The molecule has 0 spiro atoms. The van der Waals surface area contributed by atoms with Gasteiger partial charge in [0.25, 0.3) is 0 Å². The summed E-state index contributed by atoms with van der Waals surface area (Å²) in [7, 11) is -0.855. The summed E-state index contributed by atoms with van der Waals surface area (Å²) in [5.74, 6) is 0. The first-order valence-corrected chi connectivity index (χ1v) is 9.74. The second-order valence-corrected chi connectivity index (χ2v) is 9.12. The molecule has 0 bridgehead atoms. The van der Waals surface area contributed by atoms with Crippen molar-refractivity contribution in [2.75, 3.05) is 0 Å². The number of alkyl halides is 6. The van der Waals surface area contributed by atoms with E-state index in [0.29, 0.717) is 34.6 Å². The molecule has 0 fully saturated rings. The molecule has 0 aromatic heterocycles. The number of hydrogen-bond donors (Lipinski definition) is 0. The molecule has 0 saturated heterocycles. The maximum absolute atomic E-state index is 13.3. The maximum Gasteiger partial charge on any atom is 0.417 e. The number of aryl methyl sites for hydroxylation is 2. The van der Waals surface area contributed by atoms with Crippen molar-refractivity contribution >= 4 is 19.4 Å². The molecule has 0 aliphatic heterocycles. The molecule has 1 atom stereocenters. The summed E-state index contributed by atoms with van der Waals surface area (Å²) in [5, 5.41) is 0.466. The van der Waals surface area contributed by atoms with Crippen LogP contribution in [0.15, 0.2) is 30.3 Å². The van der Waals surface area contributed by atoms with Crippen molar-refractivity contribution in [1.82, 2.24) is 0 Å². The van der Waals surface area contributed by atoms with Gasteiger partial charge in [0.05, 0.1) is 11.1 Å². The van der Waals surface area contributed by atoms with Crippen molar-refractivity contribution in [2.24, 2.45) is 0 Å². The molecule has 8 heteroatoms. The zero-order chi connectivity index (χ0) is 22.4. The summed E-state index contributed by atoms with van der Waals surface area (Å²) in [6.07, 6.45) is -10.1. The van der Waals surface area contributed by atoms with E-state index in [1.807, 2.05) is 32.9 Å². The van der Waals surface area contributed by atoms with Gasteiger partial charge in [-0.05, 0) is 62.0 Å². The fraction of sp³-hybridized carbons (Fsp3) is 0.381. The molecule has 29 heavy (non-hydrogen) atoms. The Kier molecular flexibility index (Phi) is 6.25. The van der Waals surface area contributed by atoms with Gasteiger partial charge in [-0.3, -0.25) is 4.79 Å². The van der Waals surface area contributed by atoms with Crippen LogP contribution in [0.4, 0.5) is 26.3 Å². The topological polar surface area (TPSA) is 17.1 Å². The lowest BCUT2D eigenvalue weighted by Gasteiger charge is -2.23. The van der Waals surface area contributed by atoms with Crippen molar-refractivity contribution in [1.29, 1.82) is 0 Å². The lowest BCUT2D eigenvalue weighted by Crippen LogP contribution is -2.21. The molecule has 0 saturated carbocycles. The van der Waals surface area contributed by atoms with Crippen LogP contribution in [-0.4, -0.2) is 5.52 Å². The van der Waals surface area contributed by atoms with Gasteiger partial charge in [0.2, 0.25) is 0 Å². The molecule has 2 aromatic carbocycles. The van der Waals surface area contributed by atoms with E-state index in [9.17, 15) is 31.1 Å². The van der Waals surface area contributed by atoms with Crippen LogP contribution < -0.4 is 5.30 Å². The van der Waals surface area contributed by atoms with Gasteiger partial charge in [0.15, 0.2) is 5.52 Å². The second kappa shape index (κ2) is 7.75. The summed E-state index contributed by atoms with van der Waals surface area (Å²) in [6, 6.07) is 5.33. The molecule has 1 unspecified atom stereocenters. The lowest BCUT2D eigenvalue weighted by atomic mass is 9.85. The fourth-order valence-electron chi connectivity index (χ4n) is 3.04. The highest BCUT2D eigenvalue weighted by Crippen LogP contribution is 2.42. The monoisotopic (exact) mass is 434 g/mol. The molecule has 0 radical (unpaired) electrons. The highest BCUT2D eigenvalue weighted by atomic mass is 31.1. The number of hydrogen-bond acceptors (Lipinski definition) is 1. The zero-order valence-electron chi connectivity index (χ0n) is 16.6. The van der Waals surface area contributed by atoms with Crippen molar-refractivity contribution in [3.63, 3.8) is 0 Å². The average molecular weight is 434 g/mol. The molecule has 0 N–H and O–H groups in total. The van der Waals surface area contributed by atoms with E-state index in [1.54, 1.807) is 13.8 Å². The SMILES string of the molecule is Cc1cc(C(C)(C)C)cc(C)c1PC(=O)c1c(C(F)(F)F)cccc1C(F)(F)F. The molecule has 0 aliphatic carbocycles. The van der Waals surface area contributed by atoms with Crippen LogP contribution in [-0.2, 0) is 17.8 Å². The van der Waals surface area contributed by atoms with E-state index in [0.717, 1.165) is 5.56 Å². The standard InChI is InChI=1S/C21H21F6OP/c1-11-9-13(19(3,4)5)10-12(2)17(11)29-18(28)16-14(20(22,23)24)7-6-8-15(16)21(25,26)27/h6-10,29H,1-5H3. The van der Waals surface area contributed by atoms with Crippen molar-refractivity contribution < 1.29 is 31.1 Å². The first-order valence-electron chi connectivity index (χ1n) is 8.74.